The second-order valence-corrected chi connectivity index (χ2v) is 4.68. The Hall–Kier alpha value is -0.900. The molecule has 0 radical (unpaired) electrons. The molecule has 2 unspecified atom stereocenters. The van der Waals surface area contributed by atoms with Gasteiger partial charge in [0.2, 0.25) is 0 Å². The minimum Gasteiger partial charge on any atom is -0.391 e. The Morgan fingerprint density at radius 1 is 1.27 bits per heavy atom. The Morgan fingerprint density at radius 2 is 1.93 bits per heavy atom. The summed E-state index contributed by atoms with van der Waals surface area (Å²) < 4.78 is 4.49. The van der Waals surface area contributed by atoms with E-state index in [1.54, 1.807) is 0 Å². The molecule has 2 atom stereocenters. The summed E-state index contributed by atoms with van der Waals surface area (Å²) in [5.74, 6) is 0.551. The number of esters is 2. The first-order valence-corrected chi connectivity index (χ1v) is 5.61. The zero-order chi connectivity index (χ0) is 10.8. The molecule has 2 aliphatic rings. The van der Waals surface area contributed by atoms with Crippen molar-refractivity contribution in [1.29, 1.82) is 0 Å². The van der Waals surface area contributed by atoms with Crippen LogP contribution in [0.4, 0.5) is 0 Å². The third-order valence-corrected chi connectivity index (χ3v) is 3.46. The molecule has 2 rings (SSSR count). The lowest BCUT2D eigenvalue weighted by atomic mass is 9.97. The van der Waals surface area contributed by atoms with E-state index in [2.05, 4.69) is 11.7 Å². The molecular weight excluding hydrogens is 194 g/mol. The molecule has 84 valence electrons. The van der Waals surface area contributed by atoms with Crippen molar-refractivity contribution in [3.63, 3.8) is 0 Å². The highest BCUT2D eigenvalue weighted by Gasteiger charge is 2.30. The standard InChI is InChI=1S/C11H17NO3/c1-8-3-2-4-9(8)5-12-6-10(13)15-11(14)7-12/h8-9H,2-7H2,1H3. The Kier molecular flexibility index (Phi) is 3.05. The van der Waals surface area contributed by atoms with E-state index < -0.39 is 11.9 Å². The van der Waals surface area contributed by atoms with Gasteiger partial charge in [0.05, 0.1) is 13.1 Å². The van der Waals surface area contributed by atoms with Crippen LogP contribution >= 0.6 is 0 Å². The molecule has 0 aromatic carbocycles. The van der Waals surface area contributed by atoms with Crippen LogP contribution in [0.1, 0.15) is 26.2 Å². The molecule has 4 nitrogen and oxygen atoms in total. The van der Waals surface area contributed by atoms with Crippen molar-refractivity contribution in [2.45, 2.75) is 26.2 Å². The SMILES string of the molecule is CC1CCCC1CN1CC(=O)OC(=O)C1. The van der Waals surface area contributed by atoms with E-state index in [1.807, 2.05) is 4.90 Å². The summed E-state index contributed by atoms with van der Waals surface area (Å²) in [5, 5.41) is 0. The third kappa shape index (κ3) is 2.56. The summed E-state index contributed by atoms with van der Waals surface area (Å²) in [5.41, 5.74) is 0. The first-order chi connectivity index (χ1) is 7.15. The van der Waals surface area contributed by atoms with E-state index in [1.165, 1.54) is 19.3 Å². The molecule has 15 heavy (non-hydrogen) atoms. The van der Waals surface area contributed by atoms with E-state index >= 15 is 0 Å². The van der Waals surface area contributed by atoms with Crippen molar-refractivity contribution in [3.05, 3.63) is 0 Å². The van der Waals surface area contributed by atoms with Crippen molar-refractivity contribution in [3.8, 4) is 0 Å². The molecule has 4 heteroatoms. The van der Waals surface area contributed by atoms with Crippen LogP contribution in [0, 0.1) is 11.8 Å². The first-order valence-electron chi connectivity index (χ1n) is 5.61. The van der Waals surface area contributed by atoms with Gasteiger partial charge in [0, 0.05) is 6.54 Å². The van der Waals surface area contributed by atoms with Crippen LogP contribution in [0.15, 0.2) is 0 Å². The van der Waals surface area contributed by atoms with Gasteiger partial charge in [-0.3, -0.25) is 14.5 Å². The number of carbonyl (C=O) groups excluding carboxylic acids is 2. The first kappa shape index (κ1) is 10.6. The van der Waals surface area contributed by atoms with Gasteiger partial charge in [0.1, 0.15) is 0 Å². The highest BCUT2D eigenvalue weighted by atomic mass is 16.6. The lowest BCUT2D eigenvalue weighted by molar-refractivity contribution is -0.167. The number of nitrogens with zero attached hydrogens (tertiary/aromatic N) is 1. The van der Waals surface area contributed by atoms with Crippen LogP contribution in [-0.2, 0) is 14.3 Å². The van der Waals surface area contributed by atoms with Crippen molar-refractivity contribution < 1.29 is 14.3 Å². The lowest BCUT2D eigenvalue weighted by Crippen LogP contribution is -2.45. The second-order valence-electron chi connectivity index (χ2n) is 4.68. The van der Waals surface area contributed by atoms with Crippen molar-refractivity contribution >= 4 is 11.9 Å². The zero-order valence-corrected chi connectivity index (χ0v) is 9.07. The summed E-state index contributed by atoms with van der Waals surface area (Å²) in [4.78, 5) is 24.0. The predicted molar refractivity (Wildman–Crippen MR) is 54.0 cm³/mol. The van der Waals surface area contributed by atoms with Gasteiger partial charge in [0.25, 0.3) is 0 Å². The maximum absolute atomic E-state index is 11.1. The quantitative estimate of drug-likeness (QED) is 0.501. The van der Waals surface area contributed by atoms with Gasteiger partial charge < -0.3 is 4.74 Å². The summed E-state index contributed by atoms with van der Waals surface area (Å²) in [6.45, 7) is 3.66. The zero-order valence-electron chi connectivity index (χ0n) is 9.07. The predicted octanol–water partition coefficient (Wildman–Crippen LogP) is 0.808. The molecule has 1 saturated carbocycles. The van der Waals surface area contributed by atoms with Gasteiger partial charge in [-0.15, -0.1) is 0 Å². The molecule has 0 aromatic rings. The van der Waals surface area contributed by atoms with Crippen LogP contribution in [-0.4, -0.2) is 36.5 Å². The van der Waals surface area contributed by atoms with E-state index in [-0.39, 0.29) is 13.1 Å². The van der Waals surface area contributed by atoms with E-state index in [4.69, 9.17) is 0 Å². The molecule has 2 fully saturated rings. The highest BCUT2D eigenvalue weighted by Crippen LogP contribution is 2.31. The third-order valence-electron chi connectivity index (χ3n) is 3.46. The Morgan fingerprint density at radius 3 is 2.47 bits per heavy atom. The smallest absolute Gasteiger partial charge is 0.327 e. The van der Waals surface area contributed by atoms with Gasteiger partial charge in [-0.2, -0.15) is 0 Å². The molecule has 0 amide bonds. The second kappa shape index (κ2) is 4.31. The number of hydrogen-bond acceptors (Lipinski definition) is 4. The highest BCUT2D eigenvalue weighted by molar-refractivity contribution is 5.90. The van der Waals surface area contributed by atoms with Crippen molar-refractivity contribution in [2.75, 3.05) is 19.6 Å². The molecule has 0 bridgehead atoms. The van der Waals surface area contributed by atoms with Crippen LogP contribution in [0.5, 0.6) is 0 Å². The van der Waals surface area contributed by atoms with E-state index in [9.17, 15) is 9.59 Å². The summed E-state index contributed by atoms with van der Waals surface area (Å²) >= 11 is 0. The van der Waals surface area contributed by atoms with Gasteiger partial charge in [-0.05, 0) is 18.3 Å². The minimum atomic E-state index is -0.406. The average molecular weight is 211 g/mol. The number of carbonyl (C=O) groups is 2. The normalized spacial score (nSPS) is 33.1. The maximum atomic E-state index is 11.1. The number of rotatable bonds is 2. The lowest BCUT2D eigenvalue weighted by Gasteiger charge is -2.28. The topological polar surface area (TPSA) is 46.6 Å². The molecule has 1 heterocycles. The largest absolute Gasteiger partial charge is 0.391 e. The summed E-state index contributed by atoms with van der Waals surface area (Å²) in [7, 11) is 0. The monoisotopic (exact) mass is 211 g/mol. The van der Waals surface area contributed by atoms with Gasteiger partial charge >= 0.3 is 11.9 Å². The summed E-state index contributed by atoms with van der Waals surface area (Å²) in [6, 6.07) is 0. The molecule has 1 aliphatic heterocycles. The molecule has 0 spiro atoms. The maximum Gasteiger partial charge on any atom is 0.327 e. The number of hydrogen-bond donors (Lipinski definition) is 0. The fourth-order valence-electron chi connectivity index (χ4n) is 2.57. The molecular formula is C11H17NO3. The van der Waals surface area contributed by atoms with E-state index in [0.29, 0.717) is 5.92 Å². The molecule has 1 saturated heterocycles. The average Bonchev–Trinajstić information content (AvgIpc) is 2.50. The van der Waals surface area contributed by atoms with Crippen LogP contribution < -0.4 is 0 Å². The number of morpholine rings is 1. The Balaban J connectivity index is 1.88. The number of cyclic esters (lactones) is 2. The summed E-state index contributed by atoms with van der Waals surface area (Å²) in [6.07, 6.45) is 3.77. The molecule has 0 aromatic heterocycles. The Bertz CT molecular complexity index is 261. The molecule has 1 aliphatic carbocycles. The van der Waals surface area contributed by atoms with Gasteiger partial charge in [-0.1, -0.05) is 19.8 Å². The number of ether oxygens (including phenoxy) is 1. The van der Waals surface area contributed by atoms with Crippen LogP contribution in [0.2, 0.25) is 0 Å². The van der Waals surface area contributed by atoms with E-state index in [0.717, 1.165) is 12.5 Å². The van der Waals surface area contributed by atoms with Gasteiger partial charge in [0.15, 0.2) is 0 Å². The van der Waals surface area contributed by atoms with Crippen LogP contribution in [0.25, 0.3) is 0 Å². The fourth-order valence-corrected chi connectivity index (χ4v) is 2.57. The minimum absolute atomic E-state index is 0.273. The van der Waals surface area contributed by atoms with Crippen molar-refractivity contribution in [1.82, 2.24) is 4.90 Å². The van der Waals surface area contributed by atoms with Crippen molar-refractivity contribution in [2.24, 2.45) is 11.8 Å². The molecule has 0 N–H and O–H groups in total. The fraction of sp³-hybridized carbons (Fsp3) is 0.818. The Labute approximate surface area is 89.6 Å². The van der Waals surface area contributed by atoms with Crippen LogP contribution in [0.3, 0.4) is 0 Å². The van der Waals surface area contributed by atoms with Gasteiger partial charge in [-0.25, -0.2) is 0 Å².